The van der Waals surface area contributed by atoms with Crippen molar-refractivity contribution in [1.29, 1.82) is 0 Å². The van der Waals surface area contributed by atoms with E-state index in [1.807, 2.05) is 24.3 Å². The van der Waals surface area contributed by atoms with Gasteiger partial charge in [-0.3, -0.25) is 4.79 Å². The van der Waals surface area contributed by atoms with Crippen LogP contribution in [0.25, 0.3) is 15.9 Å². The highest BCUT2D eigenvalue weighted by Crippen LogP contribution is 2.32. The summed E-state index contributed by atoms with van der Waals surface area (Å²) in [7, 11) is 0. The molecule has 0 saturated carbocycles. The van der Waals surface area contributed by atoms with E-state index in [1.165, 1.54) is 16.8 Å². The summed E-state index contributed by atoms with van der Waals surface area (Å²) in [6.45, 7) is 0. The number of carbonyl (C=O) groups is 1. The maximum Gasteiger partial charge on any atom is 0.220 e. The molecule has 0 aliphatic heterocycles. The van der Waals surface area contributed by atoms with Crippen molar-refractivity contribution in [2.24, 2.45) is 0 Å². The highest BCUT2D eigenvalue weighted by atomic mass is 32.1. The van der Waals surface area contributed by atoms with E-state index < -0.39 is 11.6 Å². The van der Waals surface area contributed by atoms with Gasteiger partial charge in [-0.25, -0.2) is 18.4 Å². The van der Waals surface area contributed by atoms with Crippen LogP contribution in [0.2, 0.25) is 0 Å². The SMILES string of the molecule is O=C(CCc1nc2ccccc2s1)N[C@H]1CCCc2c1cnn2-c1ccc(F)cc1F. The number of amides is 1. The minimum Gasteiger partial charge on any atom is -0.349 e. The van der Waals surface area contributed by atoms with Crippen LogP contribution in [-0.4, -0.2) is 20.7 Å². The first-order chi connectivity index (χ1) is 15.1. The number of fused-ring (bicyclic) bond motifs is 2. The first-order valence-electron chi connectivity index (χ1n) is 10.2. The molecule has 5 nitrogen and oxygen atoms in total. The Balaban J connectivity index is 1.29. The van der Waals surface area contributed by atoms with Crippen molar-refractivity contribution in [3.8, 4) is 5.69 Å². The van der Waals surface area contributed by atoms with Crippen molar-refractivity contribution in [1.82, 2.24) is 20.1 Å². The van der Waals surface area contributed by atoms with Crippen molar-refractivity contribution in [3.05, 3.63) is 76.6 Å². The Labute approximate surface area is 181 Å². The number of aryl methyl sites for hydroxylation is 1. The van der Waals surface area contributed by atoms with Gasteiger partial charge in [-0.2, -0.15) is 5.10 Å². The van der Waals surface area contributed by atoms with E-state index in [1.54, 1.807) is 17.5 Å². The standard InChI is InChI=1S/C23H20F2N4OS/c24-14-8-9-20(16(25)12-14)29-19-6-3-5-17(15(19)13-26-29)27-22(30)10-11-23-28-18-4-1-2-7-21(18)31-23/h1-2,4,7-9,12-13,17H,3,5-6,10-11H2,(H,27,30)/t17-/m0/s1. The molecule has 1 amide bonds. The van der Waals surface area contributed by atoms with Gasteiger partial charge in [0.15, 0.2) is 5.82 Å². The van der Waals surface area contributed by atoms with Gasteiger partial charge in [0.1, 0.15) is 11.5 Å². The summed E-state index contributed by atoms with van der Waals surface area (Å²) in [6, 6.07) is 11.2. The van der Waals surface area contributed by atoms with Gasteiger partial charge < -0.3 is 5.32 Å². The van der Waals surface area contributed by atoms with Crippen LogP contribution in [0, 0.1) is 11.6 Å². The summed E-state index contributed by atoms with van der Waals surface area (Å²) in [6.07, 6.45) is 5.00. The van der Waals surface area contributed by atoms with Crippen LogP contribution in [0.1, 0.15) is 41.6 Å². The maximum atomic E-state index is 14.3. The summed E-state index contributed by atoms with van der Waals surface area (Å²) in [4.78, 5) is 17.2. The van der Waals surface area contributed by atoms with E-state index in [0.717, 1.165) is 51.8 Å². The first-order valence-corrected chi connectivity index (χ1v) is 11.1. The smallest absolute Gasteiger partial charge is 0.220 e. The number of carbonyl (C=O) groups excluding carboxylic acids is 1. The van der Waals surface area contributed by atoms with Gasteiger partial charge in [-0.15, -0.1) is 11.3 Å². The number of rotatable bonds is 5. The third-order valence-corrected chi connectivity index (χ3v) is 6.66. The summed E-state index contributed by atoms with van der Waals surface area (Å²) < 4.78 is 30.2. The molecule has 2 aromatic heterocycles. The zero-order chi connectivity index (χ0) is 21.4. The molecule has 2 aromatic carbocycles. The molecular formula is C23H20F2N4OS. The van der Waals surface area contributed by atoms with E-state index in [9.17, 15) is 13.6 Å². The second-order valence-electron chi connectivity index (χ2n) is 7.64. The molecule has 5 rings (SSSR count). The Morgan fingerprint density at radius 1 is 1.23 bits per heavy atom. The molecule has 4 aromatic rings. The number of thiazole rings is 1. The molecule has 1 aliphatic carbocycles. The van der Waals surface area contributed by atoms with Gasteiger partial charge in [0.25, 0.3) is 0 Å². The Morgan fingerprint density at radius 2 is 2.10 bits per heavy atom. The molecule has 1 aliphatic rings. The average Bonchev–Trinajstić information content (AvgIpc) is 3.37. The van der Waals surface area contributed by atoms with Crippen LogP contribution in [0.3, 0.4) is 0 Å². The maximum absolute atomic E-state index is 14.3. The fourth-order valence-corrected chi connectivity index (χ4v) is 5.05. The minimum absolute atomic E-state index is 0.0437. The number of nitrogens with zero attached hydrogens (tertiary/aromatic N) is 3. The van der Waals surface area contributed by atoms with Crippen molar-refractivity contribution >= 4 is 27.5 Å². The van der Waals surface area contributed by atoms with Gasteiger partial charge in [-0.05, 0) is 43.5 Å². The monoisotopic (exact) mass is 438 g/mol. The average molecular weight is 439 g/mol. The fraction of sp³-hybridized carbons (Fsp3) is 0.261. The van der Waals surface area contributed by atoms with Crippen LogP contribution in [0.15, 0.2) is 48.7 Å². The van der Waals surface area contributed by atoms with Crippen molar-refractivity contribution in [2.75, 3.05) is 0 Å². The third-order valence-electron chi connectivity index (χ3n) is 5.56. The van der Waals surface area contributed by atoms with E-state index in [2.05, 4.69) is 15.4 Å². The third kappa shape index (κ3) is 3.95. The number of nitrogens with one attached hydrogen (secondary N) is 1. The van der Waals surface area contributed by atoms with Crippen molar-refractivity contribution in [2.45, 2.75) is 38.1 Å². The molecule has 31 heavy (non-hydrogen) atoms. The van der Waals surface area contributed by atoms with Gasteiger partial charge in [0, 0.05) is 30.2 Å². The topological polar surface area (TPSA) is 59.8 Å². The molecule has 0 unspecified atom stereocenters. The summed E-state index contributed by atoms with van der Waals surface area (Å²) in [5, 5.41) is 8.37. The molecule has 0 spiro atoms. The second-order valence-corrected chi connectivity index (χ2v) is 8.76. The van der Waals surface area contributed by atoms with Crippen LogP contribution >= 0.6 is 11.3 Å². The molecular weight excluding hydrogens is 418 g/mol. The predicted molar refractivity (Wildman–Crippen MR) is 115 cm³/mol. The molecule has 2 heterocycles. The number of hydrogen-bond donors (Lipinski definition) is 1. The number of para-hydroxylation sites is 1. The first kappa shape index (κ1) is 19.8. The van der Waals surface area contributed by atoms with Gasteiger partial charge >= 0.3 is 0 Å². The van der Waals surface area contributed by atoms with Crippen LogP contribution in [-0.2, 0) is 17.6 Å². The number of benzene rings is 2. The van der Waals surface area contributed by atoms with Crippen LogP contribution < -0.4 is 5.32 Å². The molecule has 1 atom stereocenters. The van der Waals surface area contributed by atoms with Gasteiger partial charge in [-0.1, -0.05) is 12.1 Å². The van der Waals surface area contributed by atoms with Crippen molar-refractivity contribution in [3.63, 3.8) is 0 Å². The molecule has 1 N–H and O–H groups in total. The molecule has 0 fully saturated rings. The Morgan fingerprint density at radius 3 is 2.94 bits per heavy atom. The second kappa shape index (κ2) is 8.19. The normalized spacial score (nSPS) is 15.7. The lowest BCUT2D eigenvalue weighted by atomic mass is 9.92. The van der Waals surface area contributed by atoms with E-state index >= 15 is 0 Å². The molecule has 0 bridgehead atoms. The summed E-state index contributed by atoms with van der Waals surface area (Å²) >= 11 is 1.61. The van der Waals surface area contributed by atoms with Crippen LogP contribution in [0.4, 0.5) is 8.78 Å². The Kier molecular flexibility index (Phi) is 5.23. The van der Waals surface area contributed by atoms with Gasteiger partial charge in [0.2, 0.25) is 5.91 Å². The number of halogens is 2. The molecule has 0 saturated heterocycles. The lowest BCUT2D eigenvalue weighted by Gasteiger charge is -2.24. The quantitative estimate of drug-likeness (QED) is 0.483. The lowest BCUT2D eigenvalue weighted by Crippen LogP contribution is -2.31. The van der Waals surface area contributed by atoms with Crippen LogP contribution in [0.5, 0.6) is 0 Å². The van der Waals surface area contributed by atoms with E-state index in [0.29, 0.717) is 12.8 Å². The van der Waals surface area contributed by atoms with Gasteiger partial charge in [0.05, 0.1) is 27.5 Å². The lowest BCUT2D eigenvalue weighted by molar-refractivity contribution is -0.121. The van der Waals surface area contributed by atoms with E-state index in [-0.39, 0.29) is 17.6 Å². The minimum atomic E-state index is -0.659. The number of aromatic nitrogens is 3. The summed E-state index contributed by atoms with van der Waals surface area (Å²) in [5.41, 5.74) is 2.92. The fourth-order valence-electron chi connectivity index (χ4n) is 4.08. The summed E-state index contributed by atoms with van der Waals surface area (Å²) in [5.74, 6) is -1.33. The largest absolute Gasteiger partial charge is 0.349 e. The number of hydrogen-bond acceptors (Lipinski definition) is 4. The predicted octanol–water partition coefficient (Wildman–Crippen LogP) is 4.89. The highest BCUT2D eigenvalue weighted by Gasteiger charge is 2.26. The van der Waals surface area contributed by atoms with E-state index in [4.69, 9.17) is 0 Å². The molecule has 0 radical (unpaired) electrons. The van der Waals surface area contributed by atoms with Crippen molar-refractivity contribution < 1.29 is 13.6 Å². The zero-order valence-corrected chi connectivity index (χ0v) is 17.5. The molecule has 8 heteroatoms. The Hall–Kier alpha value is -3.13. The highest BCUT2D eigenvalue weighted by molar-refractivity contribution is 7.18. The molecule has 158 valence electrons. The Bertz CT molecular complexity index is 1230. The zero-order valence-electron chi connectivity index (χ0n) is 16.6.